The number of hydrogen-bond donors (Lipinski definition) is 0. The van der Waals surface area contributed by atoms with Crippen LogP contribution in [0.5, 0.6) is 0 Å². The fourth-order valence-electron chi connectivity index (χ4n) is 3.91. The van der Waals surface area contributed by atoms with Gasteiger partial charge >= 0.3 is 0 Å². The van der Waals surface area contributed by atoms with E-state index >= 15 is 0 Å². The molecule has 2 saturated heterocycles. The molecule has 1 aromatic rings. The second-order valence-electron chi connectivity index (χ2n) is 6.39. The maximum atomic E-state index is 13.4. The van der Waals surface area contributed by atoms with E-state index in [0.717, 1.165) is 24.6 Å². The Balaban J connectivity index is 1.70. The van der Waals surface area contributed by atoms with Crippen molar-refractivity contribution in [3.05, 3.63) is 35.1 Å². The summed E-state index contributed by atoms with van der Waals surface area (Å²) in [6, 6.07) is 7.35. The van der Waals surface area contributed by atoms with Gasteiger partial charge in [-0.2, -0.15) is 5.26 Å². The van der Waals surface area contributed by atoms with Crippen molar-refractivity contribution in [2.45, 2.75) is 31.8 Å². The standard InChI is InChI=1S/C17H22FN3/c1-20-7-2-3-14-11-21(8-6-17(14)20)12-15-9-16(18)5-4-13(15)10-19/h4-5,9,14,17H,2-3,6-8,11-12H2,1H3. The van der Waals surface area contributed by atoms with Crippen molar-refractivity contribution in [1.82, 2.24) is 9.80 Å². The molecule has 1 aromatic carbocycles. The molecule has 0 aliphatic carbocycles. The fourth-order valence-corrected chi connectivity index (χ4v) is 3.91. The zero-order chi connectivity index (χ0) is 14.8. The normalized spacial score (nSPS) is 27.1. The molecule has 3 rings (SSSR count). The van der Waals surface area contributed by atoms with Gasteiger partial charge in [0, 0.05) is 19.1 Å². The van der Waals surface area contributed by atoms with Crippen molar-refractivity contribution in [2.24, 2.45) is 5.92 Å². The van der Waals surface area contributed by atoms with Crippen LogP contribution in [0.4, 0.5) is 4.39 Å². The van der Waals surface area contributed by atoms with Gasteiger partial charge in [0.2, 0.25) is 0 Å². The third kappa shape index (κ3) is 3.09. The highest BCUT2D eigenvalue weighted by Crippen LogP contribution is 2.30. The maximum absolute atomic E-state index is 13.4. The Labute approximate surface area is 126 Å². The Bertz CT molecular complexity index is 551. The van der Waals surface area contributed by atoms with Crippen molar-refractivity contribution < 1.29 is 4.39 Å². The number of nitrogens with zero attached hydrogens (tertiary/aromatic N) is 3. The molecule has 0 N–H and O–H groups in total. The molecule has 2 aliphatic heterocycles. The maximum Gasteiger partial charge on any atom is 0.123 e. The van der Waals surface area contributed by atoms with E-state index in [2.05, 4.69) is 22.9 Å². The third-order valence-electron chi connectivity index (χ3n) is 5.01. The largest absolute Gasteiger partial charge is 0.303 e. The average molecular weight is 287 g/mol. The third-order valence-corrected chi connectivity index (χ3v) is 5.01. The Morgan fingerprint density at radius 1 is 1.33 bits per heavy atom. The predicted molar refractivity (Wildman–Crippen MR) is 80.2 cm³/mol. The summed E-state index contributed by atoms with van der Waals surface area (Å²) in [5, 5.41) is 9.16. The van der Waals surface area contributed by atoms with Gasteiger partial charge in [0.25, 0.3) is 0 Å². The predicted octanol–water partition coefficient (Wildman–Crippen LogP) is 2.61. The molecule has 0 bridgehead atoms. The Hall–Kier alpha value is -1.44. The summed E-state index contributed by atoms with van der Waals surface area (Å²) in [5.41, 5.74) is 1.42. The topological polar surface area (TPSA) is 30.3 Å². The van der Waals surface area contributed by atoms with Gasteiger partial charge in [-0.15, -0.1) is 0 Å². The van der Waals surface area contributed by atoms with E-state index in [4.69, 9.17) is 5.26 Å². The van der Waals surface area contributed by atoms with E-state index in [1.54, 1.807) is 6.07 Å². The molecule has 2 fully saturated rings. The number of halogens is 1. The van der Waals surface area contributed by atoms with E-state index in [1.807, 2.05) is 0 Å². The molecular weight excluding hydrogens is 265 g/mol. The summed E-state index contributed by atoms with van der Waals surface area (Å²) in [5.74, 6) is 0.466. The van der Waals surface area contributed by atoms with Crippen LogP contribution in [0, 0.1) is 23.1 Å². The first-order valence-corrected chi connectivity index (χ1v) is 7.78. The van der Waals surface area contributed by atoms with E-state index in [1.165, 1.54) is 37.9 Å². The van der Waals surface area contributed by atoms with Crippen molar-refractivity contribution >= 4 is 0 Å². The van der Waals surface area contributed by atoms with E-state index < -0.39 is 0 Å². The van der Waals surface area contributed by atoms with Gasteiger partial charge in [-0.05, 0) is 69.1 Å². The number of nitriles is 1. The lowest BCUT2D eigenvalue weighted by Gasteiger charge is -2.46. The van der Waals surface area contributed by atoms with Crippen molar-refractivity contribution in [3.8, 4) is 6.07 Å². The van der Waals surface area contributed by atoms with Gasteiger partial charge in [-0.25, -0.2) is 4.39 Å². The first kappa shape index (κ1) is 14.5. The van der Waals surface area contributed by atoms with Gasteiger partial charge in [-0.3, -0.25) is 4.90 Å². The van der Waals surface area contributed by atoms with Gasteiger partial charge in [0.05, 0.1) is 11.6 Å². The number of rotatable bonds is 2. The van der Waals surface area contributed by atoms with Crippen LogP contribution in [0.25, 0.3) is 0 Å². The molecule has 3 nitrogen and oxygen atoms in total. The summed E-state index contributed by atoms with van der Waals surface area (Å²) in [7, 11) is 2.23. The summed E-state index contributed by atoms with van der Waals surface area (Å²) in [6.07, 6.45) is 3.74. The Morgan fingerprint density at radius 3 is 3.00 bits per heavy atom. The van der Waals surface area contributed by atoms with Gasteiger partial charge in [-0.1, -0.05) is 0 Å². The van der Waals surface area contributed by atoms with E-state index in [9.17, 15) is 4.39 Å². The number of fused-ring (bicyclic) bond motifs is 1. The van der Waals surface area contributed by atoms with Gasteiger partial charge < -0.3 is 4.90 Å². The summed E-state index contributed by atoms with van der Waals surface area (Å²) < 4.78 is 13.4. The molecule has 0 amide bonds. The molecule has 0 saturated carbocycles. The molecule has 2 unspecified atom stereocenters. The molecule has 112 valence electrons. The zero-order valence-corrected chi connectivity index (χ0v) is 12.6. The number of likely N-dealkylation sites (tertiary alicyclic amines) is 2. The molecule has 4 heteroatoms. The second-order valence-corrected chi connectivity index (χ2v) is 6.39. The monoisotopic (exact) mass is 287 g/mol. The van der Waals surface area contributed by atoms with Crippen molar-refractivity contribution in [1.29, 1.82) is 5.26 Å². The highest BCUT2D eigenvalue weighted by molar-refractivity contribution is 5.37. The first-order valence-electron chi connectivity index (χ1n) is 7.78. The van der Waals surface area contributed by atoms with Crippen LogP contribution in [0.1, 0.15) is 30.4 Å². The lowest BCUT2D eigenvalue weighted by atomic mass is 9.84. The van der Waals surface area contributed by atoms with Crippen LogP contribution in [0.2, 0.25) is 0 Å². The molecule has 2 heterocycles. The van der Waals surface area contributed by atoms with Gasteiger partial charge in [0.1, 0.15) is 5.82 Å². The number of piperidine rings is 2. The molecule has 2 aliphatic rings. The molecule has 21 heavy (non-hydrogen) atoms. The van der Waals surface area contributed by atoms with E-state index in [-0.39, 0.29) is 5.82 Å². The fraction of sp³-hybridized carbons (Fsp3) is 0.588. The highest BCUT2D eigenvalue weighted by Gasteiger charge is 2.34. The summed E-state index contributed by atoms with van der Waals surface area (Å²) >= 11 is 0. The van der Waals surface area contributed by atoms with Crippen LogP contribution >= 0.6 is 0 Å². The summed E-state index contributed by atoms with van der Waals surface area (Å²) in [6.45, 7) is 4.00. The van der Waals surface area contributed by atoms with Crippen LogP contribution in [0.3, 0.4) is 0 Å². The number of hydrogen-bond acceptors (Lipinski definition) is 3. The lowest BCUT2D eigenvalue weighted by Crippen LogP contribution is -2.52. The Kier molecular flexibility index (Phi) is 4.23. The minimum absolute atomic E-state index is 0.253. The second kappa shape index (κ2) is 6.13. The van der Waals surface area contributed by atoms with Crippen LogP contribution < -0.4 is 0 Å². The van der Waals surface area contributed by atoms with Crippen LogP contribution in [-0.2, 0) is 6.54 Å². The van der Waals surface area contributed by atoms with Crippen LogP contribution in [0.15, 0.2) is 18.2 Å². The Morgan fingerprint density at radius 2 is 2.19 bits per heavy atom. The van der Waals surface area contributed by atoms with Crippen LogP contribution in [-0.4, -0.2) is 42.5 Å². The van der Waals surface area contributed by atoms with Crippen molar-refractivity contribution in [3.63, 3.8) is 0 Å². The minimum atomic E-state index is -0.253. The molecule has 2 atom stereocenters. The van der Waals surface area contributed by atoms with Gasteiger partial charge in [0.15, 0.2) is 0 Å². The SMILES string of the molecule is CN1CCCC2CN(Cc3cc(F)ccc3C#N)CCC21. The lowest BCUT2D eigenvalue weighted by molar-refractivity contribution is 0.0354. The molecule has 0 aromatic heterocycles. The average Bonchev–Trinajstić information content (AvgIpc) is 2.48. The molecule has 0 radical (unpaired) electrons. The highest BCUT2D eigenvalue weighted by atomic mass is 19.1. The number of benzene rings is 1. The zero-order valence-electron chi connectivity index (χ0n) is 12.6. The summed E-state index contributed by atoms with van der Waals surface area (Å²) in [4.78, 5) is 4.88. The quantitative estimate of drug-likeness (QED) is 0.837. The molecular formula is C17H22FN3. The first-order chi connectivity index (χ1) is 10.2. The smallest absolute Gasteiger partial charge is 0.123 e. The molecule has 0 spiro atoms. The van der Waals surface area contributed by atoms with E-state index in [0.29, 0.717) is 18.2 Å². The minimum Gasteiger partial charge on any atom is -0.303 e. The van der Waals surface area contributed by atoms with Crippen molar-refractivity contribution in [2.75, 3.05) is 26.7 Å².